The van der Waals surface area contributed by atoms with Gasteiger partial charge in [0.1, 0.15) is 0 Å². The van der Waals surface area contributed by atoms with Crippen molar-refractivity contribution in [3.63, 3.8) is 0 Å². The molecule has 8 heteroatoms. The number of nitrogens with one attached hydrogen (secondary N) is 1. The molecule has 2 aromatic carbocycles. The van der Waals surface area contributed by atoms with E-state index in [1.54, 1.807) is 16.8 Å². The van der Waals surface area contributed by atoms with E-state index >= 15 is 0 Å². The molecular formula is C28H36N4O4. The molecule has 2 aliphatic rings. The van der Waals surface area contributed by atoms with Crippen molar-refractivity contribution < 1.29 is 19.5 Å². The third-order valence-corrected chi connectivity index (χ3v) is 7.26. The van der Waals surface area contributed by atoms with Crippen LogP contribution in [0.2, 0.25) is 0 Å². The number of rotatable bonds is 9. The molecule has 2 aliphatic heterocycles. The molecule has 2 heterocycles. The Balaban J connectivity index is 1.57. The first-order valence-corrected chi connectivity index (χ1v) is 12.8. The van der Waals surface area contributed by atoms with Crippen LogP contribution in [0.1, 0.15) is 53.4 Å². The van der Waals surface area contributed by atoms with Crippen molar-refractivity contribution in [3.8, 4) is 0 Å². The van der Waals surface area contributed by atoms with Crippen LogP contribution in [-0.2, 0) is 22.4 Å². The number of β-amino-alcohol motifs (C(OH)–C–C–N with tert-alkyl or cyclic N) is 1. The van der Waals surface area contributed by atoms with E-state index in [0.717, 1.165) is 28.9 Å². The maximum Gasteiger partial charge on any atom is 0.253 e. The molecular weight excluding hydrogens is 456 g/mol. The van der Waals surface area contributed by atoms with E-state index in [4.69, 9.17) is 0 Å². The van der Waals surface area contributed by atoms with Crippen LogP contribution < -0.4 is 5.32 Å². The normalized spacial score (nSPS) is 18.0. The quantitative estimate of drug-likeness (QED) is 0.561. The Hall–Kier alpha value is -3.23. The highest BCUT2D eigenvalue weighted by Gasteiger charge is 2.29. The lowest BCUT2D eigenvalue weighted by molar-refractivity contribution is -0.131. The number of hydrogen-bond donors (Lipinski definition) is 2. The Morgan fingerprint density at radius 2 is 1.94 bits per heavy atom. The molecule has 36 heavy (non-hydrogen) atoms. The lowest BCUT2D eigenvalue weighted by Crippen LogP contribution is -2.39. The lowest BCUT2D eigenvalue weighted by Gasteiger charge is -2.32. The molecule has 0 radical (unpaired) electrons. The van der Waals surface area contributed by atoms with Gasteiger partial charge in [-0.15, -0.1) is 0 Å². The van der Waals surface area contributed by atoms with Crippen LogP contribution in [-0.4, -0.2) is 83.4 Å². The van der Waals surface area contributed by atoms with Gasteiger partial charge in [-0.2, -0.15) is 0 Å². The zero-order chi connectivity index (χ0) is 25.8. The molecule has 0 spiro atoms. The van der Waals surface area contributed by atoms with E-state index in [2.05, 4.69) is 10.2 Å². The van der Waals surface area contributed by atoms with Gasteiger partial charge in [-0.3, -0.25) is 19.3 Å². The predicted octanol–water partition coefficient (Wildman–Crippen LogP) is 2.47. The van der Waals surface area contributed by atoms with E-state index < -0.39 is 0 Å². The first-order valence-electron chi connectivity index (χ1n) is 12.8. The molecule has 3 amide bonds. The van der Waals surface area contributed by atoms with Crippen LogP contribution in [0.5, 0.6) is 0 Å². The molecule has 2 aromatic rings. The first-order chi connectivity index (χ1) is 17.3. The minimum atomic E-state index is -0.358. The highest BCUT2D eigenvalue weighted by atomic mass is 16.3. The summed E-state index contributed by atoms with van der Waals surface area (Å²) in [4.78, 5) is 43.8. The number of aliphatic hydroxyl groups is 1. The smallest absolute Gasteiger partial charge is 0.253 e. The van der Waals surface area contributed by atoms with Gasteiger partial charge >= 0.3 is 0 Å². The molecule has 0 saturated carbocycles. The van der Waals surface area contributed by atoms with Gasteiger partial charge in [0.2, 0.25) is 11.8 Å². The zero-order valence-corrected chi connectivity index (χ0v) is 21.4. The van der Waals surface area contributed by atoms with Crippen molar-refractivity contribution >= 4 is 23.4 Å². The second-order valence-corrected chi connectivity index (χ2v) is 9.72. The van der Waals surface area contributed by atoms with Gasteiger partial charge in [-0.05, 0) is 55.2 Å². The summed E-state index contributed by atoms with van der Waals surface area (Å²) in [6.07, 6.45) is 0.932. The summed E-state index contributed by atoms with van der Waals surface area (Å²) >= 11 is 0. The van der Waals surface area contributed by atoms with Crippen molar-refractivity contribution in [2.75, 3.05) is 45.1 Å². The van der Waals surface area contributed by atoms with Gasteiger partial charge in [-0.25, -0.2) is 0 Å². The Morgan fingerprint density at radius 3 is 2.64 bits per heavy atom. The molecule has 8 nitrogen and oxygen atoms in total. The molecule has 1 fully saturated rings. The second kappa shape index (κ2) is 11.2. The van der Waals surface area contributed by atoms with Gasteiger partial charge in [0.05, 0.1) is 25.0 Å². The summed E-state index contributed by atoms with van der Waals surface area (Å²) in [5, 5.41) is 12.9. The van der Waals surface area contributed by atoms with Gasteiger partial charge in [-0.1, -0.05) is 24.3 Å². The van der Waals surface area contributed by atoms with Crippen LogP contribution in [0, 0.1) is 0 Å². The molecule has 4 rings (SSSR count). The fraction of sp³-hybridized carbons (Fsp3) is 0.464. The van der Waals surface area contributed by atoms with E-state index in [1.165, 1.54) is 0 Å². The van der Waals surface area contributed by atoms with Crippen molar-refractivity contribution in [3.05, 3.63) is 64.7 Å². The van der Waals surface area contributed by atoms with Crippen LogP contribution >= 0.6 is 0 Å². The standard InChI is InChI=1S/C28H36N4O4/c1-4-32(5-2)28(36)22-8-6-7-21(15-22)25(18-31-12-11-23(33)17-31)30(3)27(35)14-19-9-10-20-16-26(34)29-24(20)13-19/h6-10,13,15,23,25,33H,4-5,11-12,14,16-18H2,1-3H3,(H,29,34)/t23?,25-/m1/s1. The maximum atomic E-state index is 13.4. The summed E-state index contributed by atoms with van der Waals surface area (Å²) < 4.78 is 0. The van der Waals surface area contributed by atoms with E-state index in [9.17, 15) is 19.5 Å². The number of nitrogens with zero attached hydrogens (tertiary/aromatic N) is 3. The van der Waals surface area contributed by atoms with Crippen LogP contribution in [0.15, 0.2) is 42.5 Å². The highest BCUT2D eigenvalue weighted by molar-refractivity contribution is 5.99. The topological polar surface area (TPSA) is 93.2 Å². The third-order valence-electron chi connectivity index (χ3n) is 7.26. The predicted molar refractivity (Wildman–Crippen MR) is 139 cm³/mol. The number of hydrogen-bond acceptors (Lipinski definition) is 5. The largest absolute Gasteiger partial charge is 0.392 e. The number of carbonyl (C=O) groups is 3. The molecule has 0 bridgehead atoms. The number of aliphatic hydroxyl groups excluding tert-OH is 1. The second-order valence-electron chi connectivity index (χ2n) is 9.72. The van der Waals surface area contributed by atoms with Crippen molar-refractivity contribution in [1.82, 2.24) is 14.7 Å². The number of carbonyl (C=O) groups excluding carboxylic acids is 3. The van der Waals surface area contributed by atoms with Crippen molar-refractivity contribution in [1.29, 1.82) is 0 Å². The van der Waals surface area contributed by atoms with Crippen molar-refractivity contribution in [2.24, 2.45) is 0 Å². The molecule has 0 aliphatic carbocycles. The Kier molecular flexibility index (Phi) is 8.06. The minimum absolute atomic E-state index is 0.0219. The van der Waals surface area contributed by atoms with Gasteiger partial charge in [0.15, 0.2) is 0 Å². The minimum Gasteiger partial charge on any atom is -0.392 e. The van der Waals surface area contributed by atoms with Crippen LogP contribution in [0.4, 0.5) is 5.69 Å². The fourth-order valence-corrected chi connectivity index (χ4v) is 5.09. The highest BCUT2D eigenvalue weighted by Crippen LogP contribution is 2.27. The van der Waals surface area contributed by atoms with Crippen LogP contribution in [0.3, 0.4) is 0 Å². The SMILES string of the molecule is CCN(CC)C(=O)c1cccc([C@@H](CN2CCC(O)C2)N(C)C(=O)Cc2ccc3c(c2)NC(=O)C3)c1. The number of anilines is 1. The van der Waals surface area contributed by atoms with E-state index in [0.29, 0.717) is 44.6 Å². The van der Waals surface area contributed by atoms with E-state index in [-0.39, 0.29) is 36.3 Å². The number of likely N-dealkylation sites (N-methyl/N-ethyl adjacent to an activating group) is 1. The Bertz CT molecular complexity index is 1130. The first kappa shape index (κ1) is 25.9. The monoisotopic (exact) mass is 492 g/mol. The maximum absolute atomic E-state index is 13.4. The number of fused-ring (bicyclic) bond motifs is 1. The fourth-order valence-electron chi connectivity index (χ4n) is 5.09. The summed E-state index contributed by atoms with van der Waals surface area (Å²) in [6.45, 7) is 7.10. The average Bonchev–Trinajstić information content (AvgIpc) is 3.46. The summed E-state index contributed by atoms with van der Waals surface area (Å²) in [6, 6.07) is 13.0. The lowest BCUT2D eigenvalue weighted by atomic mass is 10.00. The third kappa shape index (κ3) is 5.77. The summed E-state index contributed by atoms with van der Waals surface area (Å²) in [7, 11) is 1.80. The van der Waals surface area contributed by atoms with Gasteiger partial charge < -0.3 is 20.2 Å². The molecule has 0 aromatic heterocycles. The summed E-state index contributed by atoms with van der Waals surface area (Å²) in [5.41, 5.74) is 4.07. The molecule has 1 saturated heterocycles. The molecule has 192 valence electrons. The Morgan fingerprint density at radius 1 is 1.17 bits per heavy atom. The number of likely N-dealkylation sites (tertiary alicyclic amines) is 1. The molecule has 2 atom stereocenters. The zero-order valence-electron chi connectivity index (χ0n) is 21.4. The Labute approximate surface area is 212 Å². The van der Waals surface area contributed by atoms with Gasteiger partial charge in [0, 0.05) is 51.0 Å². The van der Waals surface area contributed by atoms with Gasteiger partial charge in [0.25, 0.3) is 5.91 Å². The van der Waals surface area contributed by atoms with Crippen LogP contribution in [0.25, 0.3) is 0 Å². The van der Waals surface area contributed by atoms with Crippen molar-refractivity contribution in [2.45, 2.75) is 45.3 Å². The number of amides is 3. The summed E-state index contributed by atoms with van der Waals surface area (Å²) in [5.74, 6) is -0.103. The average molecular weight is 493 g/mol. The number of benzene rings is 2. The molecule has 2 N–H and O–H groups in total. The molecule has 1 unspecified atom stereocenters. The van der Waals surface area contributed by atoms with E-state index in [1.807, 2.05) is 56.3 Å².